The van der Waals surface area contributed by atoms with Crippen molar-refractivity contribution in [3.05, 3.63) is 71.9 Å². The van der Waals surface area contributed by atoms with E-state index in [-0.39, 0.29) is 5.75 Å². The first kappa shape index (κ1) is 14.5. The van der Waals surface area contributed by atoms with E-state index in [0.717, 1.165) is 16.8 Å². The van der Waals surface area contributed by atoms with E-state index in [1.165, 1.54) is 0 Å². The highest BCUT2D eigenvalue weighted by Crippen LogP contribution is 2.31. The van der Waals surface area contributed by atoms with Crippen LogP contribution in [0.3, 0.4) is 0 Å². The second-order valence-corrected chi connectivity index (χ2v) is 5.72. The predicted octanol–water partition coefficient (Wildman–Crippen LogP) is 4.50. The predicted molar refractivity (Wildman–Crippen MR) is 94.8 cm³/mol. The van der Waals surface area contributed by atoms with Crippen LogP contribution in [-0.2, 0) is 0 Å². The number of benzene rings is 2. The number of phenols is 1. The summed E-state index contributed by atoms with van der Waals surface area (Å²) in [4.78, 5) is 4.44. The summed E-state index contributed by atoms with van der Waals surface area (Å²) in [6.45, 7) is 0. The number of aromatic nitrogens is 3. The van der Waals surface area contributed by atoms with Crippen molar-refractivity contribution >= 4 is 28.9 Å². The number of rotatable bonds is 3. The summed E-state index contributed by atoms with van der Waals surface area (Å²) in [6.07, 6.45) is 1.83. The number of pyridine rings is 1. The van der Waals surface area contributed by atoms with Crippen molar-refractivity contribution in [2.45, 2.75) is 0 Å². The fraction of sp³-hybridized carbons (Fsp3) is 0. The van der Waals surface area contributed by atoms with E-state index in [4.69, 9.17) is 11.6 Å². The molecule has 118 valence electrons. The van der Waals surface area contributed by atoms with Crippen molar-refractivity contribution in [1.29, 1.82) is 0 Å². The van der Waals surface area contributed by atoms with E-state index in [1.54, 1.807) is 22.7 Å². The quantitative estimate of drug-likeness (QED) is 0.578. The molecule has 6 heteroatoms. The maximum absolute atomic E-state index is 9.68. The Hall–Kier alpha value is -3.05. The second kappa shape index (κ2) is 5.86. The van der Waals surface area contributed by atoms with Gasteiger partial charge in [0, 0.05) is 28.0 Å². The van der Waals surface area contributed by atoms with E-state index in [0.29, 0.717) is 16.6 Å². The molecule has 0 aliphatic heterocycles. The van der Waals surface area contributed by atoms with Gasteiger partial charge in [0.1, 0.15) is 5.75 Å². The molecule has 0 unspecified atom stereocenters. The van der Waals surface area contributed by atoms with E-state index < -0.39 is 0 Å². The number of hydrogen-bond donors (Lipinski definition) is 2. The lowest BCUT2D eigenvalue weighted by Crippen LogP contribution is -1.93. The highest BCUT2D eigenvalue weighted by Gasteiger charge is 2.09. The molecule has 0 saturated carbocycles. The fourth-order valence-corrected chi connectivity index (χ4v) is 2.71. The summed E-state index contributed by atoms with van der Waals surface area (Å²) in [6, 6.07) is 18.3. The average molecular weight is 337 g/mol. The Morgan fingerprint density at radius 1 is 1.00 bits per heavy atom. The summed E-state index contributed by atoms with van der Waals surface area (Å²) in [5.41, 5.74) is 3.23. The van der Waals surface area contributed by atoms with E-state index in [1.807, 2.05) is 48.7 Å². The Labute approximate surface area is 143 Å². The van der Waals surface area contributed by atoms with Crippen LogP contribution >= 0.6 is 11.6 Å². The number of anilines is 2. The zero-order chi connectivity index (χ0) is 16.5. The van der Waals surface area contributed by atoms with Crippen LogP contribution in [0.25, 0.3) is 16.8 Å². The molecule has 0 spiro atoms. The van der Waals surface area contributed by atoms with E-state index in [2.05, 4.69) is 15.4 Å². The van der Waals surface area contributed by atoms with Crippen LogP contribution in [0, 0.1) is 0 Å². The minimum absolute atomic E-state index is 0.166. The molecule has 24 heavy (non-hydrogen) atoms. The van der Waals surface area contributed by atoms with Gasteiger partial charge >= 0.3 is 0 Å². The molecule has 0 fully saturated rings. The summed E-state index contributed by atoms with van der Waals surface area (Å²) in [5, 5.41) is 17.8. The first-order valence-corrected chi connectivity index (χ1v) is 7.74. The Balaban J connectivity index is 1.72. The second-order valence-electron chi connectivity index (χ2n) is 5.31. The average Bonchev–Trinajstić information content (AvgIpc) is 2.99. The highest BCUT2D eigenvalue weighted by molar-refractivity contribution is 6.33. The fourth-order valence-electron chi connectivity index (χ4n) is 2.48. The number of nitrogens with zero attached hydrogens (tertiary/aromatic N) is 3. The van der Waals surface area contributed by atoms with Crippen LogP contribution in [0.1, 0.15) is 0 Å². The van der Waals surface area contributed by atoms with Crippen molar-refractivity contribution in [1.82, 2.24) is 14.6 Å². The molecule has 2 aromatic heterocycles. The van der Waals surface area contributed by atoms with Crippen LogP contribution in [0.2, 0.25) is 5.02 Å². The molecular weight excluding hydrogens is 324 g/mol. The molecule has 0 bridgehead atoms. The molecule has 2 N–H and O–H groups in total. The normalized spacial score (nSPS) is 10.9. The number of phenolic OH excluding ortho intramolecular Hbond substituents is 1. The summed E-state index contributed by atoms with van der Waals surface area (Å²) >= 11 is 6.23. The Morgan fingerprint density at radius 2 is 1.83 bits per heavy atom. The molecular formula is C18H13ClN4O. The summed E-state index contributed by atoms with van der Waals surface area (Å²) < 4.78 is 1.68. The van der Waals surface area contributed by atoms with Crippen LogP contribution in [0.15, 0.2) is 66.9 Å². The maximum Gasteiger partial charge on any atom is 0.247 e. The number of nitrogens with one attached hydrogen (secondary N) is 1. The third-order valence-electron chi connectivity index (χ3n) is 3.62. The highest BCUT2D eigenvalue weighted by atomic mass is 35.5. The number of fused-ring (bicyclic) bond motifs is 1. The molecule has 0 radical (unpaired) electrons. The molecule has 0 saturated heterocycles. The molecule has 0 atom stereocenters. The zero-order valence-corrected chi connectivity index (χ0v) is 13.3. The Kier molecular flexibility index (Phi) is 3.55. The molecule has 0 aliphatic rings. The van der Waals surface area contributed by atoms with Crippen molar-refractivity contribution in [3.63, 3.8) is 0 Å². The first-order valence-electron chi connectivity index (χ1n) is 7.36. The lowest BCUT2D eigenvalue weighted by atomic mass is 10.1. The minimum atomic E-state index is 0.166. The van der Waals surface area contributed by atoms with Crippen LogP contribution in [0.4, 0.5) is 11.6 Å². The van der Waals surface area contributed by atoms with Gasteiger partial charge in [0.15, 0.2) is 5.65 Å². The van der Waals surface area contributed by atoms with Gasteiger partial charge in [-0.05, 0) is 42.5 Å². The van der Waals surface area contributed by atoms with Crippen LogP contribution in [-0.4, -0.2) is 19.7 Å². The number of para-hydroxylation sites is 1. The zero-order valence-electron chi connectivity index (χ0n) is 12.5. The third kappa shape index (κ3) is 2.77. The maximum atomic E-state index is 9.68. The van der Waals surface area contributed by atoms with Gasteiger partial charge in [0.25, 0.3) is 0 Å². The van der Waals surface area contributed by atoms with Gasteiger partial charge in [-0.15, -0.1) is 5.10 Å². The SMILES string of the molecule is Oc1ccc(Cl)c(-c2ccc3nc(Nc4ccccc4)nn3c2)c1. The lowest BCUT2D eigenvalue weighted by molar-refractivity contribution is 0.475. The van der Waals surface area contributed by atoms with Gasteiger partial charge in [-0.3, -0.25) is 0 Å². The summed E-state index contributed by atoms with van der Waals surface area (Å²) in [5.74, 6) is 0.680. The van der Waals surface area contributed by atoms with Crippen molar-refractivity contribution < 1.29 is 5.11 Å². The number of aromatic hydroxyl groups is 1. The monoisotopic (exact) mass is 336 g/mol. The van der Waals surface area contributed by atoms with Gasteiger partial charge < -0.3 is 10.4 Å². The molecule has 0 aliphatic carbocycles. The molecule has 4 rings (SSSR count). The molecule has 2 aromatic carbocycles. The summed E-state index contributed by atoms with van der Waals surface area (Å²) in [7, 11) is 0. The van der Waals surface area contributed by atoms with E-state index in [9.17, 15) is 5.11 Å². The minimum Gasteiger partial charge on any atom is -0.508 e. The van der Waals surface area contributed by atoms with Crippen molar-refractivity contribution in [2.75, 3.05) is 5.32 Å². The van der Waals surface area contributed by atoms with Gasteiger partial charge in [-0.1, -0.05) is 29.8 Å². The Morgan fingerprint density at radius 3 is 2.67 bits per heavy atom. The van der Waals surface area contributed by atoms with Crippen molar-refractivity contribution in [2.24, 2.45) is 0 Å². The smallest absolute Gasteiger partial charge is 0.247 e. The van der Waals surface area contributed by atoms with E-state index >= 15 is 0 Å². The van der Waals surface area contributed by atoms with Crippen LogP contribution < -0.4 is 5.32 Å². The van der Waals surface area contributed by atoms with Gasteiger partial charge in [0.2, 0.25) is 5.95 Å². The Bertz CT molecular complexity index is 1010. The topological polar surface area (TPSA) is 62.5 Å². The largest absolute Gasteiger partial charge is 0.508 e. The van der Waals surface area contributed by atoms with Crippen LogP contribution in [0.5, 0.6) is 5.75 Å². The standard InChI is InChI=1S/C18H13ClN4O/c19-16-8-7-14(24)10-15(16)12-6-9-17-21-18(22-23(17)11-12)20-13-4-2-1-3-5-13/h1-11,24H,(H,20,22). The molecule has 0 amide bonds. The molecule has 2 heterocycles. The molecule has 4 aromatic rings. The number of hydrogen-bond acceptors (Lipinski definition) is 4. The molecule has 5 nitrogen and oxygen atoms in total. The lowest BCUT2D eigenvalue weighted by Gasteiger charge is -2.05. The van der Waals surface area contributed by atoms with Gasteiger partial charge in [-0.2, -0.15) is 4.98 Å². The first-order chi connectivity index (χ1) is 11.7. The number of halogens is 1. The van der Waals surface area contributed by atoms with Crippen molar-refractivity contribution in [3.8, 4) is 16.9 Å². The van der Waals surface area contributed by atoms with Gasteiger partial charge in [-0.25, -0.2) is 4.52 Å². The third-order valence-corrected chi connectivity index (χ3v) is 3.95. The van der Waals surface area contributed by atoms with Gasteiger partial charge in [0.05, 0.1) is 0 Å².